The maximum absolute atomic E-state index is 12.8. The number of carbonyl (C=O) groups is 1. The van der Waals surface area contributed by atoms with Crippen LogP contribution in [0.4, 0.5) is 5.69 Å². The molecule has 2 aromatic heterocycles. The minimum atomic E-state index is -0.162. The summed E-state index contributed by atoms with van der Waals surface area (Å²) < 4.78 is 1.39. The monoisotopic (exact) mass is 325 g/mol. The van der Waals surface area contributed by atoms with Crippen LogP contribution in [-0.4, -0.2) is 21.5 Å². The molecule has 0 N–H and O–H groups in total. The van der Waals surface area contributed by atoms with Crippen molar-refractivity contribution >= 4 is 33.1 Å². The Bertz CT molecular complexity index is 960. The van der Waals surface area contributed by atoms with E-state index in [1.807, 2.05) is 36.6 Å². The standard InChI is InChI=1S/C17H15N3O2S/c1-11-8-12-4-2-3-5-14(12)20(11)15(21)9-19-10-18-16-13(17(19)22)6-7-23-16/h2-7,10-11H,8-9H2,1H3/t11-/m0/s1. The molecule has 1 amide bonds. The van der Waals surface area contributed by atoms with Crippen molar-refractivity contribution in [3.8, 4) is 0 Å². The molecular formula is C17H15N3O2S. The lowest BCUT2D eigenvalue weighted by Crippen LogP contribution is -2.39. The molecule has 0 saturated heterocycles. The van der Waals surface area contributed by atoms with E-state index in [0.717, 1.165) is 12.1 Å². The molecule has 0 bridgehead atoms. The lowest BCUT2D eigenvalue weighted by atomic mass is 10.1. The number of amides is 1. The van der Waals surface area contributed by atoms with Gasteiger partial charge in [-0.25, -0.2) is 4.98 Å². The number of anilines is 1. The zero-order chi connectivity index (χ0) is 16.0. The Hall–Kier alpha value is -2.47. The Kier molecular flexibility index (Phi) is 3.27. The number of thiophene rings is 1. The molecule has 6 heteroatoms. The number of hydrogen-bond donors (Lipinski definition) is 0. The molecule has 0 unspecified atom stereocenters. The zero-order valence-electron chi connectivity index (χ0n) is 12.6. The number of carbonyl (C=O) groups excluding carboxylic acids is 1. The quantitative estimate of drug-likeness (QED) is 0.727. The smallest absolute Gasteiger partial charge is 0.262 e. The van der Waals surface area contributed by atoms with Crippen molar-refractivity contribution in [3.63, 3.8) is 0 Å². The summed E-state index contributed by atoms with van der Waals surface area (Å²) in [6, 6.07) is 9.78. The van der Waals surface area contributed by atoms with Gasteiger partial charge in [0.1, 0.15) is 11.4 Å². The van der Waals surface area contributed by atoms with Crippen LogP contribution in [0.5, 0.6) is 0 Å². The molecule has 0 saturated carbocycles. The predicted molar refractivity (Wildman–Crippen MR) is 91.0 cm³/mol. The maximum atomic E-state index is 12.8. The summed E-state index contributed by atoms with van der Waals surface area (Å²) in [6.45, 7) is 2.04. The molecule has 116 valence electrons. The van der Waals surface area contributed by atoms with Crippen LogP contribution in [0.3, 0.4) is 0 Å². The van der Waals surface area contributed by atoms with E-state index in [4.69, 9.17) is 0 Å². The fourth-order valence-electron chi connectivity index (χ4n) is 3.17. The van der Waals surface area contributed by atoms with E-state index in [-0.39, 0.29) is 24.1 Å². The van der Waals surface area contributed by atoms with Crippen molar-refractivity contribution in [3.05, 3.63) is 58.0 Å². The molecule has 0 radical (unpaired) electrons. The lowest BCUT2D eigenvalue weighted by Gasteiger charge is -2.23. The third-order valence-corrected chi connectivity index (χ3v) is 5.05. The van der Waals surface area contributed by atoms with Gasteiger partial charge in [0.15, 0.2) is 0 Å². The molecular weight excluding hydrogens is 310 g/mol. The Balaban J connectivity index is 1.67. The van der Waals surface area contributed by atoms with Crippen molar-refractivity contribution in [1.82, 2.24) is 9.55 Å². The Labute approximate surface area is 136 Å². The van der Waals surface area contributed by atoms with E-state index in [0.29, 0.717) is 10.2 Å². The van der Waals surface area contributed by atoms with Gasteiger partial charge in [-0.3, -0.25) is 14.2 Å². The second kappa shape index (κ2) is 5.31. The highest BCUT2D eigenvalue weighted by atomic mass is 32.1. The fraction of sp³-hybridized carbons (Fsp3) is 0.235. The predicted octanol–water partition coefficient (Wildman–Crippen LogP) is 2.44. The number of benzene rings is 1. The summed E-state index contributed by atoms with van der Waals surface area (Å²) >= 11 is 1.43. The second-order valence-corrected chi connectivity index (χ2v) is 6.66. The highest BCUT2D eigenvalue weighted by Crippen LogP contribution is 2.31. The topological polar surface area (TPSA) is 55.2 Å². The van der Waals surface area contributed by atoms with Crippen LogP contribution in [0.1, 0.15) is 12.5 Å². The largest absolute Gasteiger partial charge is 0.307 e. The SMILES string of the molecule is C[C@H]1Cc2ccccc2N1C(=O)Cn1cnc2sccc2c1=O. The van der Waals surface area contributed by atoms with Gasteiger partial charge in [-0.05, 0) is 36.4 Å². The van der Waals surface area contributed by atoms with Crippen LogP contribution in [0, 0.1) is 0 Å². The van der Waals surface area contributed by atoms with Gasteiger partial charge in [0, 0.05) is 11.7 Å². The van der Waals surface area contributed by atoms with Crippen LogP contribution in [0.25, 0.3) is 10.2 Å². The van der Waals surface area contributed by atoms with Gasteiger partial charge < -0.3 is 4.90 Å². The Morgan fingerprint density at radius 2 is 2.17 bits per heavy atom. The Morgan fingerprint density at radius 1 is 1.35 bits per heavy atom. The first kappa shape index (κ1) is 14.1. The molecule has 3 heterocycles. The number of fused-ring (bicyclic) bond motifs is 2. The van der Waals surface area contributed by atoms with Crippen LogP contribution < -0.4 is 10.5 Å². The average Bonchev–Trinajstić information content (AvgIpc) is 3.13. The number of rotatable bonds is 2. The molecule has 3 aromatic rings. The third kappa shape index (κ3) is 2.26. The second-order valence-electron chi connectivity index (χ2n) is 5.76. The molecule has 0 fully saturated rings. The lowest BCUT2D eigenvalue weighted by molar-refractivity contribution is -0.119. The molecule has 0 spiro atoms. The molecule has 1 aliphatic rings. The van der Waals surface area contributed by atoms with Gasteiger partial charge in [-0.2, -0.15) is 0 Å². The van der Waals surface area contributed by atoms with E-state index in [9.17, 15) is 9.59 Å². The average molecular weight is 325 g/mol. The first-order chi connectivity index (χ1) is 11.1. The van der Waals surface area contributed by atoms with Crippen molar-refractivity contribution in [2.45, 2.75) is 25.9 Å². The summed E-state index contributed by atoms with van der Waals surface area (Å²) in [5.74, 6) is -0.0825. The maximum Gasteiger partial charge on any atom is 0.262 e. The van der Waals surface area contributed by atoms with Gasteiger partial charge in [-0.15, -0.1) is 11.3 Å². The first-order valence-electron chi connectivity index (χ1n) is 7.48. The molecule has 4 rings (SSSR count). The minimum absolute atomic E-state index is 0.0102. The van der Waals surface area contributed by atoms with Crippen molar-refractivity contribution in [1.29, 1.82) is 0 Å². The van der Waals surface area contributed by atoms with E-state index >= 15 is 0 Å². The van der Waals surface area contributed by atoms with Crippen molar-refractivity contribution in [2.24, 2.45) is 0 Å². The van der Waals surface area contributed by atoms with Gasteiger partial charge in [0.25, 0.3) is 5.56 Å². The number of hydrogen-bond acceptors (Lipinski definition) is 4. The van der Waals surface area contributed by atoms with Gasteiger partial charge in [0.05, 0.1) is 11.7 Å². The van der Waals surface area contributed by atoms with Gasteiger partial charge in [-0.1, -0.05) is 18.2 Å². The molecule has 5 nitrogen and oxygen atoms in total. The zero-order valence-corrected chi connectivity index (χ0v) is 13.4. The molecule has 0 aliphatic carbocycles. The van der Waals surface area contributed by atoms with E-state index in [1.165, 1.54) is 27.8 Å². The summed E-state index contributed by atoms with van der Waals surface area (Å²) in [5, 5.41) is 2.41. The van der Waals surface area contributed by atoms with Gasteiger partial charge in [0.2, 0.25) is 5.91 Å². The Morgan fingerprint density at radius 3 is 3.04 bits per heavy atom. The molecule has 23 heavy (non-hydrogen) atoms. The number of nitrogens with zero attached hydrogens (tertiary/aromatic N) is 3. The molecule has 1 atom stereocenters. The van der Waals surface area contributed by atoms with Crippen LogP contribution in [0.2, 0.25) is 0 Å². The summed E-state index contributed by atoms with van der Waals surface area (Å²) in [5.41, 5.74) is 1.96. The van der Waals surface area contributed by atoms with Gasteiger partial charge >= 0.3 is 0 Å². The number of aromatic nitrogens is 2. The highest BCUT2D eigenvalue weighted by Gasteiger charge is 2.30. The van der Waals surface area contributed by atoms with E-state index in [1.54, 1.807) is 11.0 Å². The normalized spacial score (nSPS) is 16.7. The van der Waals surface area contributed by atoms with Crippen molar-refractivity contribution < 1.29 is 4.79 Å². The van der Waals surface area contributed by atoms with Crippen LogP contribution >= 0.6 is 11.3 Å². The van der Waals surface area contributed by atoms with Crippen LogP contribution in [0.15, 0.2) is 46.8 Å². The third-order valence-electron chi connectivity index (χ3n) is 4.23. The van der Waals surface area contributed by atoms with Crippen molar-refractivity contribution in [2.75, 3.05) is 4.90 Å². The van der Waals surface area contributed by atoms with Crippen LogP contribution in [-0.2, 0) is 17.8 Å². The summed E-state index contributed by atoms with van der Waals surface area (Å²) in [6.07, 6.45) is 2.31. The molecule has 1 aliphatic heterocycles. The van der Waals surface area contributed by atoms with E-state index < -0.39 is 0 Å². The highest BCUT2D eigenvalue weighted by molar-refractivity contribution is 7.16. The first-order valence-corrected chi connectivity index (χ1v) is 8.36. The van der Waals surface area contributed by atoms with E-state index in [2.05, 4.69) is 4.98 Å². The number of para-hydroxylation sites is 1. The summed E-state index contributed by atoms with van der Waals surface area (Å²) in [7, 11) is 0. The minimum Gasteiger partial charge on any atom is -0.307 e. The molecule has 1 aromatic carbocycles. The fourth-order valence-corrected chi connectivity index (χ4v) is 3.90. The summed E-state index contributed by atoms with van der Waals surface area (Å²) in [4.78, 5) is 31.9.